The van der Waals surface area contributed by atoms with Gasteiger partial charge in [0.25, 0.3) is 5.91 Å². The molecule has 0 bridgehead atoms. The average Bonchev–Trinajstić information content (AvgIpc) is 3.10. The van der Waals surface area contributed by atoms with Gasteiger partial charge in [0.1, 0.15) is 0 Å². The lowest BCUT2D eigenvalue weighted by Gasteiger charge is -2.14. The van der Waals surface area contributed by atoms with Crippen molar-refractivity contribution in [2.45, 2.75) is 38.6 Å². The van der Waals surface area contributed by atoms with Crippen molar-refractivity contribution >= 4 is 17.2 Å². The summed E-state index contributed by atoms with van der Waals surface area (Å²) in [4.78, 5) is 13.5. The first-order valence-corrected chi connectivity index (χ1v) is 7.58. The molecule has 0 fully saturated rings. The van der Waals surface area contributed by atoms with Crippen LogP contribution in [-0.2, 0) is 12.8 Å². The molecule has 19 heavy (non-hydrogen) atoms. The summed E-state index contributed by atoms with van der Waals surface area (Å²) in [5.41, 5.74) is 2.83. The number of hydrogen-bond donors (Lipinski definition) is 2. The highest BCUT2D eigenvalue weighted by atomic mass is 32.1. The van der Waals surface area contributed by atoms with Gasteiger partial charge in [0.15, 0.2) is 5.69 Å². The number of amides is 1. The zero-order chi connectivity index (χ0) is 13.2. The molecular formula is C14H17N3OS. The Bertz CT molecular complexity index is 574. The van der Waals surface area contributed by atoms with Crippen molar-refractivity contribution in [3.63, 3.8) is 0 Å². The molecule has 0 radical (unpaired) electrons. The number of H-pyrrole nitrogens is 1. The van der Waals surface area contributed by atoms with E-state index in [1.807, 2.05) is 11.4 Å². The van der Waals surface area contributed by atoms with E-state index < -0.39 is 0 Å². The largest absolute Gasteiger partial charge is 0.343 e. The molecule has 1 atom stereocenters. The molecule has 1 aliphatic carbocycles. The second-order valence-electron chi connectivity index (χ2n) is 4.83. The smallest absolute Gasteiger partial charge is 0.272 e. The Morgan fingerprint density at radius 1 is 1.58 bits per heavy atom. The van der Waals surface area contributed by atoms with E-state index in [9.17, 15) is 4.79 Å². The van der Waals surface area contributed by atoms with Crippen LogP contribution in [0.25, 0.3) is 0 Å². The van der Waals surface area contributed by atoms with Gasteiger partial charge < -0.3 is 5.32 Å². The van der Waals surface area contributed by atoms with Gasteiger partial charge in [0.2, 0.25) is 0 Å². The van der Waals surface area contributed by atoms with Crippen LogP contribution in [0, 0.1) is 0 Å². The molecule has 1 amide bonds. The molecule has 2 heterocycles. The van der Waals surface area contributed by atoms with Crippen LogP contribution in [0.5, 0.6) is 0 Å². The highest BCUT2D eigenvalue weighted by molar-refractivity contribution is 7.10. The molecule has 0 saturated heterocycles. The Labute approximate surface area is 116 Å². The van der Waals surface area contributed by atoms with E-state index in [2.05, 4.69) is 28.5 Å². The molecule has 0 aromatic carbocycles. The van der Waals surface area contributed by atoms with Crippen LogP contribution >= 0.6 is 11.3 Å². The number of aromatic amines is 1. The minimum atomic E-state index is -0.0559. The standard InChI is InChI=1S/C14H17N3OS/c1-2-10(12-7-4-8-19-12)15-14(18)13-9-5-3-6-11(9)16-17-13/h4,7-8,10H,2-3,5-6H2,1H3,(H,15,18)(H,16,17). The number of hydrogen-bond acceptors (Lipinski definition) is 3. The van der Waals surface area contributed by atoms with E-state index in [4.69, 9.17) is 0 Å². The second kappa shape index (κ2) is 5.17. The van der Waals surface area contributed by atoms with Crippen LogP contribution in [0.2, 0.25) is 0 Å². The second-order valence-corrected chi connectivity index (χ2v) is 5.81. The minimum absolute atomic E-state index is 0.0559. The lowest BCUT2D eigenvalue weighted by atomic mass is 10.1. The number of carbonyl (C=O) groups excluding carboxylic acids is 1. The summed E-state index contributed by atoms with van der Waals surface area (Å²) in [6.45, 7) is 2.08. The number of thiophene rings is 1. The van der Waals surface area contributed by atoms with Crippen LogP contribution in [0.15, 0.2) is 17.5 Å². The van der Waals surface area contributed by atoms with Gasteiger partial charge in [0.05, 0.1) is 6.04 Å². The van der Waals surface area contributed by atoms with Gasteiger partial charge in [0, 0.05) is 16.1 Å². The number of aryl methyl sites for hydroxylation is 1. The molecule has 2 N–H and O–H groups in total. The molecule has 2 aromatic rings. The van der Waals surface area contributed by atoms with Gasteiger partial charge in [-0.1, -0.05) is 13.0 Å². The van der Waals surface area contributed by atoms with Gasteiger partial charge in [-0.05, 0) is 37.1 Å². The van der Waals surface area contributed by atoms with Crippen LogP contribution < -0.4 is 5.32 Å². The first-order chi connectivity index (χ1) is 9.29. The lowest BCUT2D eigenvalue weighted by molar-refractivity contribution is 0.0930. The fourth-order valence-electron chi connectivity index (χ4n) is 2.60. The Balaban J connectivity index is 1.77. The first kappa shape index (κ1) is 12.4. The van der Waals surface area contributed by atoms with Crippen molar-refractivity contribution in [1.82, 2.24) is 15.5 Å². The maximum atomic E-state index is 12.3. The molecular weight excluding hydrogens is 258 g/mol. The number of nitrogens with one attached hydrogen (secondary N) is 2. The molecule has 3 rings (SSSR count). The van der Waals surface area contributed by atoms with E-state index >= 15 is 0 Å². The van der Waals surface area contributed by atoms with Crippen molar-refractivity contribution in [2.24, 2.45) is 0 Å². The fourth-order valence-corrected chi connectivity index (χ4v) is 3.46. The van der Waals surface area contributed by atoms with Crippen LogP contribution in [-0.4, -0.2) is 16.1 Å². The zero-order valence-electron chi connectivity index (χ0n) is 10.9. The summed E-state index contributed by atoms with van der Waals surface area (Å²) in [6, 6.07) is 4.16. The summed E-state index contributed by atoms with van der Waals surface area (Å²) in [7, 11) is 0. The molecule has 100 valence electrons. The minimum Gasteiger partial charge on any atom is -0.343 e. The van der Waals surface area contributed by atoms with E-state index in [1.54, 1.807) is 11.3 Å². The van der Waals surface area contributed by atoms with Crippen molar-refractivity contribution in [3.8, 4) is 0 Å². The summed E-state index contributed by atoms with van der Waals surface area (Å²) < 4.78 is 0. The summed E-state index contributed by atoms with van der Waals surface area (Å²) in [5.74, 6) is -0.0559. The molecule has 2 aromatic heterocycles. The monoisotopic (exact) mass is 275 g/mol. The predicted octanol–water partition coefficient (Wildman–Crippen LogP) is 2.84. The zero-order valence-corrected chi connectivity index (χ0v) is 11.7. The van der Waals surface area contributed by atoms with Crippen LogP contribution in [0.4, 0.5) is 0 Å². The Morgan fingerprint density at radius 3 is 3.21 bits per heavy atom. The highest BCUT2D eigenvalue weighted by Gasteiger charge is 2.24. The van der Waals surface area contributed by atoms with Gasteiger partial charge in [-0.15, -0.1) is 11.3 Å². The Hall–Kier alpha value is -1.62. The van der Waals surface area contributed by atoms with Crippen molar-refractivity contribution in [1.29, 1.82) is 0 Å². The molecule has 1 unspecified atom stereocenters. The maximum absolute atomic E-state index is 12.3. The molecule has 5 heteroatoms. The van der Waals surface area contributed by atoms with Gasteiger partial charge in [-0.25, -0.2) is 0 Å². The predicted molar refractivity (Wildman–Crippen MR) is 75.4 cm³/mol. The van der Waals surface area contributed by atoms with Crippen LogP contribution in [0.3, 0.4) is 0 Å². The van der Waals surface area contributed by atoms with Gasteiger partial charge in [-0.3, -0.25) is 9.89 Å². The quantitative estimate of drug-likeness (QED) is 0.901. The third-order valence-corrected chi connectivity index (χ3v) is 4.61. The fraction of sp³-hybridized carbons (Fsp3) is 0.429. The third kappa shape index (κ3) is 2.30. The number of nitrogens with zero attached hydrogens (tertiary/aromatic N) is 1. The number of rotatable bonds is 4. The van der Waals surface area contributed by atoms with E-state index in [0.717, 1.165) is 36.9 Å². The van der Waals surface area contributed by atoms with Gasteiger partial charge in [-0.2, -0.15) is 5.10 Å². The molecule has 0 saturated carbocycles. The number of aromatic nitrogens is 2. The topological polar surface area (TPSA) is 57.8 Å². The van der Waals surface area contributed by atoms with E-state index in [0.29, 0.717) is 5.69 Å². The molecule has 1 aliphatic rings. The Kier molecular flexibility index (Phi) is 3.38. The van der Waals surface area contributed by atoms with Crippen LogP contribution in [0.1, 0.15) is 52.4 Å². The summed E-state index contributed by atoms with van der Waals surface area (Å²) in [5, 5.41) is 12.3. The first-order valence-electron chi connectivity index (χ1n) is 6.70. The maximum Gasteiger partial charge on any atom is 0.272 e. The normalized spacial score (nSPS) is 15.2. The number of carbonyl (C=O) groups is 1. The highest BCUT2D eigenvalue weighted by Crippen LogP contribution is 2.25. The van der Waals surface area contributed by atoms with Crippen molar-refractivity contribution < 1.29 is 4.79 Å². The summed E-state index contributed by atoms with van der Waals surface area (Å²) >= 11 is 1.68. The van der Waals surface area contributed by atoms with Crippen molar-refractivity contribution in [2.75, 3.05) is 0 Å². The average molecular weight is 275 g/mol. The summed E-state index contributed by atoms with van der Waals surface area (Å²) in [6.07, 6.45) is 3.98. The molecule has 0 spiro atoms. The molecule has 0 aliphatic heterocycles. The van der Waals surface area contributed by atoms with E-state index in [1.165, 1.54) is 4.88 Å². The van der Waals surface area contributed by atoms with Gasteiger partial charge >= 0.3 is 0 Å². The SMILES string of the molecule is CCC(NC(=O)c1n[nH]c2c1CCC2)c1cccs1. The molecule has 4 nitrogen and oxygen atoms in total. The van der Waals surface area contributed by atoms with Crippen molar-refractivity contribution in [3.05, 3.63) is 39.3 Å². The number of fused-ring (bicyclic) bond motifs is 1. The lowest BCUT2D eigenvalue weighted by Crippen LogP contribution is -2.28. The third-order valence-electron chi connectivity index (χ3n) is 3.62. The van der Waals surface area contributed by atoms with E-state index in [-0.39, 0.29) is 11.9 Å². The Morgan fingerprint density at radius 2 is 2.47 bits per heavy atom.